The molecule has 1 aromatic rings. The number of rotatable bonds is 5. The van der Waals surface area contributed by atoms with Gasteiger partial charge in [0.15, 0.2) is 11.5 Å². The number of halogens is 1. The van der Waals surface area contributed by atoms with Gasteiger partial charge in [-0.2, -0.15) is 0 Å². The fraction of sp³-hybridized carbons (Fsp3) is 0.600. The maximum absolute atomic E-state index is 6.22. The molecule has 2 unspecified atom stereocenters. The fourth-order valence-electron chi connectivity index (χ4n) is 3.08. The fourth-order valence-corrected chi connectivity index (χ4v) is 3.52. The highest BCUT2D eigenvalue weighted by Crippen LogP contribution is 2.49. The van der Waals surface area contributed by atoms with Crippen molar-refractivity contribution in [3.63, 3.8) is 0 Å². The van der Waals surface area contributed by atoms with Gasteiger partial charge in [-0.25, -0.2) is 0 Å². The highest BCUT2D eigenvalue weighted by atomic mass is 79.9. The van der Waals surface area contributed by atoms with Crippen molar-refractivity contribution in [2.45, 2.75) is 45.3 Å². The Bertz CT molecular complexity index is 446. The van der Waals surface area contributed by atoms with Gasteiger partial charge in [-0.3, -0.25) is 0 Å². The van der Waals surface area contributed by atoms with Gasteiger partial charge in [0.25, 0.3) is 0 Å². The third-order valence-electron chi connectivity index (χ3n) is 4.58. The van der Waals surface area contributed by atoms with Crippen LogP contribution in [0, 0.1) is 5.41 Å². The highest BCUT2D eigenvalue weighted by Gasteiger charge is 2.52. The second-order valence-electron chi connectivity index (χ2n) is 5.16. The van der Waals surface area contributed by atoms with Gasteiger partial charge in [0.05, 0.1) is 11.6 Å². The van der Waals surface area contributed by atoms with Crippen LogP contribution < -0.4 is 15.2 Å². The van der Waals surface area contributed by atoms with Crippen molar-refractivity contribution in [1.29, 1.82) is 0 Å². The smallest absolute Gasteiger partial charge is 0.175 e. The molecule has 0 spiro atoms. The summed E-state index contributed by atoms with van der Waals surface area (Å²) in [6.45, 7) is 4.38. The van der Waals surface area contributed by atoms with Gasteiger partial charge in [0.1, 0.15) is 6.10 Å². The van der Waals surface area contributed by atoms with Crippen molar-refractivity contribution in [2.24, 2.45) is 11.1 Å². The van der Waals surface area contributed by atoms with E-state index in [1.165, 1.54) is 0 Å². The van der Waals surface area contributed by atoms with Gasteiger partial charge in [-0.15, -0.1) is 0 Å². The first kappa shape index (κ1) is 14.7. The zero-order valence-corrected chi connectivity index (χ0v) is 13.4. The minimum atomic E-state index is 0.0975. The topological polar surface area (TPSA) is 44.5 Å². The van der Waals surface area contributed by atoms with Crippen molar-refractivity contribution < 1.29 is 9.47 Å². The van der Waals surface area contributed by atoms with Crippen LogP contribution in [0.2, 0.25) is 0 Å². The number of para-hydroxylation sites is 1. The van der Waals surface area contributed by atoms with E-state index < -0.39 is 0 Å². The number of hydrogen-bond donors (Lipinski definition) is 1. The van der Waals surface area contributed by atoms with E-state index in [1.54, 1.807) is 7.11 Å². The largest absolute Gasteiger partial charge is 0.493 e. The summed E-state index contributed by atoms with van der Waals surface area (Å²) < 4.78 is 12.5. The molecule has 1 saturated carbocycles. The Morgan fingerprint density at radius 2 is 2.05 bits per heavy atom. The molecule has 0 bridgehead atoms. The zero-order valence-electron chi connectivity index (χ0n) is 11.8. The molecule has 0 aliphatic heterocycles. The minimum absolute atomic E-state index is 0.0975. The SMILES string of the molecule is CCC1(CC)C(N)CC1Oc1c(Br)cccc1OC. The van der Waals surface area contributed by atoms with Gasteiger partial charge < -0.3 is 15.2 Å². The normalized spacial score (nSPS) is 24.7. The lowest BCUT2D eigenvalue weighted by Gasteiger charge is -2.53. The summed E-state index contributed by atoms with van der Waals surface area (Å²) in [5.41, 5.74) is 6.31. The Hall–Kier alpha value is -0.740. The van der Waals surface area contributed by atoms with E-state index in [1.807, 2.05) is 18.2 Å². The lowest BCUT2D eigenvalue weighted by Crippen LogP contribution is -2.63. The molecule has 4 heteroatoms. The van der Waals surface area contributed by atoms with Crippen LogP contribution in [0.5, 0.6) is 11.5 Å². The molecule has 106 valence electrons. The number of nitrogens with two attached hydrogens (primary N) is 1. The maximum Gasteiger partial charge on any atom is 0.175 e. The lowest BCUT2D eigenvalue weighted by molar-refractivity contribution is -0.0734. The Balaban J connectivity index is 2.23. The van der Waals surface area contributed by atoms with Crippen LogP contribution in [0.15, 0.2) is 22.7 Å². The molecule has 1 aromatic carbocycles. The summed E-state index contributed by atoms with van der Waals surface area (Å²) in [7, 11) is 1.66. The van der Waals surface area contributed by atoms with Crippen LogP contribution in [0.4, 0.5) is 0 Å². The van der Waals surface area contributed by atoms with Crippen molar-refractivity contribution in [1.82, 2.24) is 0 Å². The first-order valence-electron chi connectivity index (χ1n) is 6.83. The van der Waals surface area contributed by atoms with E-state index in [0.29, 0.717) is 0 Å². The van der Waals surface area contributed by atoms with Gasteiger partial charge in [-0.05, 0) is 40.9 Å². The average Bonchev–Trinajstić information content (AvgIpc) is 2.41. The first-order valence-corrected chi connectivity index (χ1v) is 7.63. The third-order valence-corrected chi connectivity index (χ3v) is 5.20. The van der Waals surface area contributed by atoms with Crippen molar-refractivity contribution in [3.8, 4) is 11.5 Å². The van der Waals surface area contributed by atoms with Crippen LogP contribution >= 0.6 is 15.9 Å². The average molecular weight is 328 g/mol. The Kier molecular flexibility index (Phi) is 4.41. The molecule has 0 saturated heterocycles. The van der Waals surface area contributed by atoms with E-state index in [-0.39, 0.29) is 17.6 Å². The summed E-state index contributed by atoms with van der Waals surface area (Å²) in [5, 5.41) is 0. The highest BCUT2D eigenvalue weighted by molar-refractivity contribution is 9.10. The predicted molar refractivity (Wildman–Crippen MR) is 80.7 cm³/mol. The second kappa shape index (κ2) is 5.71. The zero-order chi connectivity index (χ0) is 14.0. The lowest BCUT2D eigenvalue weighted by atomic mass is 9.59. The summed E-state index contributed by atoms with van der Waals surface area (Å²) in [6.07, 6.45) is 3.17. The minimum Gasteiger partial charge on any atom is -0.493 e. The summed E-state index contributed by atoms with van der Waals surface area (Å²) in [5.74, 6) is 1.55. The molecule has 0 heterocycles. The molecule has 0 amide bonds. The molecule has 0 radical (unpaired) electrons. The third kappa shape index (κ3) is 2.36. The first-order chi connectivity index (χ1) is 9.08. The number of methoxy groups -OCH3 is 1. The summed E-state index contributed by atoms with van der Waals surface area (Å²) in [4.78, 5) is 0. The molecule has 1 aliphatic rings. The molecular formula is C15H22BrNO2. The van der Waals surface area contributed by atoms with Crippen molar-refractivity contribution in [3.05, 3.63) is 22.7 Å². The molecule has 2 N–H and O–H groups in total. The maximum atomic E-state index is 6.22. The van der Waals surface area contributed by atoms with Gasteiger partial charge in [-0.1, -0.05) is 19.9 Å². The number of benzene rings is 1. The van der Waals surface area contributed by atoms with Crippen LogP contribution in [0.25, 0.3) is 0 Å². The second-order valence-corrected chi connectivity index (χ2v) is 6.01. The van der Waals surface area contributed by atoms with Gasteiger partial charge >= 0.3 is 0 Å². The van der Waals surface area contributed by atoms with E-state index in [0.717, 1.165) is 35.2 Å². The molecule has 3 nitrogen and oxygen atoms in total. The van der Waals surface area contributed by atoms with E-state index in [2.05, 4.69) is 29.8 Å². The quantitative estimate of drug-likeness (QED) is 0.895. The Morgan fingerprint density at radius 1 is 1.37 bits per heavy atom. The van der Waals surface area contributed by atoms with Crippen molar-refractivity contribution >= 4 is 15.9 Å². The van der Waals surface area contributed by atoms with Crippen molar-refractivity contribution in [2.75, 3.05) is 7.11 Å². The monoisotopic (exact) mass is 327 g/mol. The van der Waals surface area contributed by atoms with E-state index in [4.69, 9.17) is 15.2 Å². The van der Waals surface area contributed by atoms with E-state index >= 15 is 0 Å². The number of ether oxygens (including phenoxy) is 2. The molecule has 19 heavy (non-hydrogen) atoms. The molecule has 1 fully saturated rings. The standard InChI is InChI=1S/C15H22BrNO2/c1-4-15(5-2)12(17)9-13(15)19-14-10(16)7-6-8-11(14)18-3/h6-8,12-13H,4-5,9,17H2,1-3H3. The number of hydrogen-bond acceptors (Lipinski definition) is 3. The molecule has 0 aromatic heterocycles. The Labute approximate surface area is 123 Å². The summed E-state index contributed by atoms with van der Waals surface area (Å²) >= 11 is 3.53. The summed E-state index contributed by atoms with van der Waals surface area (Å²) in [6, 6.07) is 6.06. The van der Waals surface area contributed by atoms with Crippen LogP contribution in [-0.4, -0.2) is 19.3 Å². The predicted octanol–water partition coefficient (Wildman–Crippen LogP) is 3.74. The van der Waals surface area contributed by atoms with Crippen LogP contribution in [0.3, 0.4) is 0 Å². The van der Waals surface area contributed by atoms with Gasteiger partial charge in [0.2, 0.25) is 0 Å². The van der Waals surface area contributed by atoms with Crippen LogP contribution in [-0.2, 0) is 0 Å². The molecule has 2 rings (SSSR count). The molecule has 1 aliphatic carbocycles. The van der Waals surface area contributed by atoms with E-state index in [9.17, 15) is 0 Å². The Morgan fingerprint density at radius 3 is 2.58 bits per heavy atom. The molecular weight excluding hydrogens is 306 g/mol. The van der Waals surface area contributed by atoms with Crippen LogP contribution in [0.1, 0.15) is 33.1 Å². The van der Waals surface area contributed by atoms with Gasteiger partial charge in [0, 0.05) is 17.9 Å². The molecule has 2 atom stereocenters.